The van der Waals surface area contributed by atoms with E-state index in [-0.39, 0.29) is 0 Å². The van der Waals surface area contributed by atoms with Crippen LogP contribution in [-0.4, -0.2) is 5.16 Å². The molecule has 2 nitrogen and oxygen atoms in total. The third-order valence-corrected chi connectivity index (χ3v) is 2.98. The highest BCUT2D eigenvalue weighted by atomic mass is 79.9. The Hall–Kier alpha value is -0.310. The molecule has 0 saturated heterocycles. The lowest BCUT2D eigenvalue weighted by molar-refractivity contribution is 0.375. The zero-order valence-corrected chi connectivity index (χ0v) is 8.89. The van der Waals surface area contributed by atoms with Crippen molar-refractivity contribution in [2.75, 3.05) is 0 Å². The average molecular weight is 230 g/mol. The molecule has 1 aromatic rings. The average Bonchev–Trinajstić information content (AvgIpc) is 2.75. The van der Waals surface area contributed by atoms with E-state index in [2.05, 4.69) is 34.9 Å². The minimum Gasteiger partial charge on any atom is -0.360 e. The molecule has 0 bridgehead atoms. The van der Waals surface area contributed by atoms with Gasteiger partial charge in [0.05, 0.1) is 4.47 Å². The molecule has 0 atom stereocenters. The number of hydrogen-bond donors (Lipinski definition) is 0. The van der Waals surface area contributed by atoms with E-state index in [1.54, 1.807) is 0 Å². The van der Waals surface area contributed by atoms with Crippen molar-refractivity contribution in [2.24, 2.45) is 0 Å². The van der Waals surface area contributed by atoms with Gasteiger partial charge >= 0.3 is 0 Å². The summed E-state index contributed by atoms with van der Waals surface area (Å²) in [6.07, 6.45) is 2.51. The molecule has 1 fully saturated rings. The topological polar surface area (TPSA) is 26.0 Å². The fourth-order valence-corrected chi connectivity index (χ4v) is 2.19. The highest BCUT2D eigenvalue weighted by Crippen LogP contribution is 2.45. The fraction of sp³-hybridized carbons (Fsp3) is 0.667. The summed E-state index contributed by atoms with van der Waals surface area (Å²) in [7, 11) is 0. The summed E-state index contributed by atoms with van der Waals surface area (Å²) in [5, 5.41) is 4.05. The maximum atomic E-state index is 5.28. The zero-order chi connectivity index (χ0) is 8.72. The Morgan fingerprint density at radius 3 is 2.58 bits per heavy atom. The molecule has 0 amide bonds. The molecule has 1 saturated carbocycles. The van der Waals surface area contributed by atoms with Crippen molar-refractivity contribution in [1.29, 1.82) is 0 Å². The molecule has 1 heterocycles. The summed E-state index contributed by atoms with van der Waals surface area (Å²) in [6, 6.07) is 0. The molecule has 12 heavy (non-hydrogen) atoms. The number of hydrogen-bond acceptors (Lipinski definition) is 2. The Balaban J connectivity index is 2.33. The first-order valence-corrected chi connectivity index (χ1v) is 5.14. The monoisotopic (exact) mass is 229 g/mol. The Bertz CT molecular complexity index is 269. The van der Waals surface area contributed by atoms with Gasteiger partial charge < -0.3 is 4.52 Å². The SMILES string of the molecule is CC(C)c1noc(C2CC2)c1Br. The van der Waals surface area contributed by atoms with Gasteiger partial charge in [-0.1, -0.05) is 19.0 Å². The summed E-state index contributed by atoms with van der Waals surface area (Å²) in [4.78, 5) is 0. The number of aromatic nitrogens is 1. The van der Waals surface area contributed by atoms with Gasteiger partial charge in [-0.05, 0) is 28.8 Å². The minimum absolute atomic E-state index is 0.440. The van der Waals surface area contributed by atoms with Gasteiger partial charge in [-0.15, -0.1) is 0 Å². The van der Waals surface area contributed by atoms with Gasteiger partial charge in [0, 0.05) is 11.8 Å². The first kappa shape index (κ1) is 8.30. The van der Waals surface area contributed by atoms with Crippen LogP contribution in [-0.2, 0) is 0 Å². The second kappa shape index (κ2) is 2.87. The lowest BCUT2D eigenvalue weighted by Gasteiger charge is -1.97. The number of nitrogens with zero attached hydrogens (tertiary/aromatic N) is 1. The predicted molar refractivity (Wildman–Crippen MR) is 50.3 cm³/mol. The molecule has 0 unspecified atom stereocenters. The molecule has 0 aliphatic heterocycles. The molecule has 1 aliphatic rings. The van der Waals surface area contributed by atoms with E-state index < -0.39 is 0 Å². The van der Waals surface area contributed by atoms with Gasteiger partial charge in [-0.3, -0.25) is 0 Å². The Kier molecular flexibility index (Phi) is 1.99. The van der Waals surface area contributed by atoms with Crippen LogP contribution in [0.5, 0.6) is 0 Å². The van der Waals surface area contributed by atoms with Crippen molar-refractivity contribution in [1.82, 2.24) is 5.16 Å². The molecule has 2 rings (SSSR count). The molecule has 1 aromatic heterocycles. The summed E-state index contributed by atoms with van der Waals surface area (Å²) in [6.45, 7) is 4.25. The first-order valence-electron chi connectivity index (χ1n) is 4.35. The van der Waals surface area contributed by atoms with Gasteiger partial charge in [-0.25, -0.2) is 0 Å². The van der Waals surface area contributed by atoms with Crippen molar-refractivity contribution in [2.45, 2.75) is 38.5 Å². The highest BCUT2D eigenvalue weighted by molar-refractivity contribution is 9.10. The van der Waals surface area contributed by atoms with Crippen LogP contribution < -0.4 is 0 Å². The third kappa shape index (κ3) is 1.30. The van der Waals surface area contributed by atoms with E-state index >= 15 is 0 Å². The normalized spacial score (nSPS) is 17.3. The van der Waals surface area contributed by atoms with Crippen molar-refractivity contribution in [3.05, 3.63) is 15.9 Å². The summed E-state index contributed by atoms with van der Waals surface area (Å²) >= 11 is 3.54. The third-order valence-electron chi connectivity index (χ3n) is 2.18. The van der Waals surface area contributed by atoms with Crippen molar-refractivity contribution < 1.29 is 4.52 Å². The van der Waals surface area contributed by atoms with Gasteiger partial charge in [0.15, 0.2) is 5.76 Å². The van der Waals surface area contributed by atoms with E-state index in [1.165, 1.54) is 12.8 Å². The first-order chi connectivity index (χ1) is 5.70. The van der Waals surface area contributed by atoms with Crippen LogP contribution in [0.2, 0.25) is 0 Å². The standard InChI is InChI=1S/C9H12BrNO/c1-5(2)8-7(10)9(12-11-8)6-3-4-6/h5-6H,3-4H2,1-2H3. The molecule has 66 valence electrons. The van der Waals surface area contributed by atoms with Crippen LogP contribution in [0.25, 0.3) is 0 Å². The molecule has 3 heteroatoms. The van der Waals surface area contributed by atoms with Crippen LogP contribution in [0.4, 0.5) is 0 Å². The maximum Gasteiger partial charge on any atom is 0.154 e. The van der Waals surface area contributed by atoms with Crippen molar-refractivity contribution in [3.8, 4) is 0 Å². The van der Waals surface area contributed by atoms with E-state index in [0.29, 0.717) is 11.8 Å². The van der Waals surface area contributed by atoms with Crippen LogP contribution in [0, 0.1) is 0 Å². The summed E-state index contributed by atoms with van der Waals surface area (Å²) in [5.41, 5.74) is 1.05. The fourth-order valence-electron chi connectivity index (χ4n) is 1.26. The lowest BCUT2D eigenvalue weighted by atomic mass is 10.1. The highest BCUT2D eigenvalue weighted by Gasteiger charge is 2.31. The van der Waals surface area contributed by atoms with Crippen LogP contribution in [0.3, 0.4) is 0 Å². The molecule has 0 N–H and O–H groups in total. The van der Waals surface area contributed by atoms with Crippen LogP contribution in [0.15, 0.2) is 9.00 Å². The van der Waals surface area contributed by atoms with E-state index in [4.69, 9.17) is 4.52 Å². The van der Waals surface area contributed by atoms with Crippen LogP contribution in [0.1, 0.15) is 50.0 Å². The molecular weight excluding hydrogens is 218 g/mol. The molecule has 0 radical (unpaired) electrons. The number of rotatable bonds is 2. The number of halogens is 1. The van der Waals surface area contributed by atoms with E-state index in [9.17, 15) is 0 Å². The summed E-state index contributed by atoms with van der Waals surface area (Å²) < 4.78 is 6.38. The minimum atomic E-state index is 0.440. The van der Waals surface area contributed by atoms with E-state index in [0.717, 1.165) is 15.9 Å². The van der Waals surface area contributed by atoms with Crippen LogP contribution >= 0.6 is 15.9 Å². The summed E-state index contributed by atoms with van der Waals surface area (Å²) in [5.74, 6) is 2.13. The second-order valence-electron chi connectivity index (χ2n) is 3.68. The predicted octanol–water partition coefficient (Wildman–Crippen LogP) is 3.44. The van der Waals surface area contributed by atoms with Gasteiger partial charge in [0.1, 0.15) is 5.69 Å². The van der Waals surface area contributed by atoms with Crippen molar-refractivity contribution >= 4 is 15.9 Å². The van der Waals surface area contributed by atoms with Crippen molar-refractivity contribution in [3.63, 3.8) is 0 Å². The Morgan fingerprint density at radius 1 is 1.50 bits per heavy atom. The molecular formula is C9H12BrNO. The quantitative estimate of drug-likeness (QED) is 0.777. The molecule has 1 aliphatic carbocycles. The van der Waals surface area contributed by atoms with Gasteiger partial charge in [-0.2, -0.15) is 0 Å². The second-order valence-corrected chi connectivity index (χ2v) is 4.47. The Labute approximate surface area is 80.4 Å². The van der Waals surface area contributed by atoms with Gasteiger partial charge in [0.2, 0.25) is 0 Å². The van der Waals surface area contributed by atoms with Gasteiger partial charge in [0.25, 0.3) is 0 Å². The molecule has 0 spiro atoms. The van der Waals surface area contributed by atoms with E-state index in [1.807, 2.05) is 0 Å². The lowest BCUT2D eigenvalue weighted by Crippen LogP contribution is -1.87. The smallest absolute Gasteiger partial charge is 0.154 e. The molecule has 0 aromatic carbocycles. The maximum absolute atomic E-state index is 5.28. The Morgan fingerprint density at radius 2 is 2.17 bits per heavy atom. The zero-order valence-electron chi connectivity index (χ0n) is 7.30. The largest absolute Gasteiger partial charge is 0.360 e.